The summed E-state index contributed by atoms with van der Waals surface area (Å²) >= 11 is 0. The first-order valence-corrected chi connectivity index (χ1v) is 8.15. The molecule has 0 radical (unpaired) electrons. The maximum absolute atomic E-state index is 13.6. The Morgan fingerprint density at radius 1 is 1.18 bits per heavy atom. The van der Waals surface area contributed by atoms with E-state index in [2.05, 4.69) is 15.1 Å². The molecule has 10 heteroatoms. The van der Waals surface area contributed by atoms with Gasteiger partial charge in [-0.1, -0.05) is 30.3 Å². The van der Waals surface area contributed by atoms with Crippen LogP contribution in [-0.2, 0) is 12.8 Å². The first-order chi connectivity index (χ1) is 13.3. The van der Waals surface area contributed by atoms with E-state index in [4.69, 9.17) is 9.52 Å². The number of hydrogen-bond donors (Lipinski definition) is 2. The average Bonchev–Trinajstić information content (AvgIpc) is 3.27. The van der Waals surface area contributed by atoms with Crippen molar-refractivity contribution in [3.8, 4) is 22.6 Å². The largest absolute Gasteiger partial charge is 0.444 e. The molecule has 0 saturated carbocycles. The minimum Gasteiger partial charge on any atom is -0.444 e. The summed E-state index contributed by atoms with van der Waals surface area (Å²) in [5.74, 6) is -0.127. The highest BCUT2D eigenvalue weighted by Gasteiger charge is 2.38. The Kier molecular flexibility index (Phi) is 4.07. The molecule has 0 aliphatic heterocycles. The molecule has 1 aromatic carbocycles. The minimum absolute atomic E-state index is 0.0909. The molecule has 4 aromatic rings. The lowest BCUT2D eigenvalue weighted by molar-refractivity contribution is -0.140. The number of aryl methyl sites for hydroxylation is 1. The van der Waals surface area contributed by atoms with Gasteiger partial charge in [-0.15, -0.1) is 0 Å². The molecular weight excluding hydrogens is 377 g/mol. The second-order valence-electron chi connectivity index (χ2n) is 6.06. The van der Waals surface area contributed by atoms with Crippen molar-refractivity contribution in [3.63, 3.8) is 0 Å². The zero-order chi connectivity index (χ0) is 20.1. The predicted octanol–water partition coefficient (Wildman–Crippen LogP) is 3.16. The van der Waals surface area contributed by atoms with Crippen LogP contribution in [0.5, 0.6) is 0 Å². The fourth-order valence-electron chi connectivity index (χ4n) is 3.00. The summed E-state index contributed by atoms with van der Waals surface area (Å²) in [6.45, 7) is 1.08. The van der Waals surface area contributed by atoms with E-state index in [1.54, 1.807) is 18.2 Å². The van der Waals surface area contributed by atoms with Gasteiger partial charge in [0.05, 0.1) is 17.9 Å². The van der Waals surface area contributed by atoms with Crippen LogP contribution in [0.15, 0.2) is 45.8 Å². The summed E-state index contributed by atoms with van der Waals surface area (Å²) < 4.78 is 46.8. The summed E-state index contributed by atoms with van der Waals surface area (Å²) in [7, 11) is 0. The highest BCUT2D eigenvalue weighted by molar-refractivity contribution is 5.81. The molecule has 0 bridgehead atoms. The number of H-pyrrole nitrogens is 1. The predicted molar refractivity (Wildman–Crippen MR) is 92.4 cm³/mol. The molecule has 3 heterocycles. The van der Waals surface area contributed by atoms with Crippen LogP contribution in [0.3, 0.4) is 0 Å². The molecule has 144 valence electrons. The van der Waals surface area contributed by atoms with E-state index in [0.717, 1.165) is 10.8 Å². The van der Waals surface area contributed by atoms with Gasteiger partial charge in [-0.05, 0) is 12.5 Å². The van der Waals surface area contributed by atoms with E-state index in [-0.39, 0.29) is 39.6 Å². The second-order valence-corrected chi connectivity index (χ2v) is 6.06. The smallest absolute Gasteiger partial charge is 0.433 e. The molecular formula is C18H13F3N4O3. The Labute approximate surface area is 155 Å². The molecule has 0 spiro atoms. The number of aromatic amines is 1. The molecule has 0 unspecified atom stereocenters. The van der Waals surface area contributed by atoms with E-state index in [1.807, 2.05) is 0 Å². The molecule has 0 saturated heterocycles. The van der Waals surface area contributed by atoms with Crippen LogP contribution in [0.2, 0.25) is 0 Å². The van der Waals surface area contributed by atoms with E-state index < -0.39 is 24.0 Å². The topological polar surface area (TPSA) is 96.4 Å². The molecule has 3 aromatic heterocycles. The maximum Gasteiger partial charge on any atom is 0.433 e. The van der Waals surface area contributed by atoms with Crippen LogP contribution in [-0.4, -0.2) is 24.7 Å². The first-order valence-electron chi connectivity index (χ1n) is 8.15. The van der Waals surface area contributed by atoms with Crippen molar-refractivity contribution < 1.29 is 22.7 Å². The van der Waals surface area contributed by atoms with Crippen LogP contribution in [0.1, 0.15) is 17.1 Å². The van der Waals surface area contributed by atoms with Gasteiger partial charge >= 0.3 is 6.18 Å². The van der Waals surface area contributed by atoms with E-state index >= 15 is 0 Å². The summed E-state index contributed by atoms with van der Waals surface area (Å²) in [5, 5.41) is 11.2. The number of aromatic nitrogens is 4. The lowest BCUT2D eigenvalue weighted by Crippen LogP contribution is -2.20. The standard InChI is InChI=1S/C18H13F3N4O3/c1-9-12(16-23-11(7-26)8-28-16)17(27)25-15(22-9)13(10-5-3-2-4-6-10)14(24-25)18(19,20)21/h2-6,8,24,26H,7H2,1H3. The Morgan fingerprint density at radius 3 is 2.50 bits per heavy atom. The van der Waals surface area contributed by atoms with Gasteiger partial charge in [0.15, 0.2) is 5.65 Å². The van der Waals surface area contributed by atoms with Crippen molar-refractivity contribution >= 4 is 5.65 Å². The van der Waals surface area contributed by atoms with Gasteiger partial charge in [0.2, 0.25) is 5.89 Å². The molecule has 28 heavy (non-hydrogen) atoms. The van der Waals surface area contributed by atoms with Gasteiger partial charge in [0.1, 0.15) is 23.2 Å². The Morgan fingerprint density at radius 2 is 1.89 bits per heavy atom. The van der Waals surface area contributed by atoms with Gasteiger partial charge in [0, 0.05) is 0 Å². The molecule has 7 nitrogen and oxygen atoms in total. The number of nitrogens with zero attached hydrogens (tertiary/aromatic N) is 3. The number of aliphatic hydroxyl groups excluding tert-OH is 1. The number of hydrogen-bond acceptors (Lipinski definition) is 5. The fraction of sp³-hybridized carbons (Fsp3) is 0.167. The molecule has 2 N–H and O–H groups in total. The summed E-state index contributed by atoms with van der Waals surface area (Å²) in [6.07, 6.45) is -3.57. The van der Waals surface area contributed by atoms with Crippen molar-refractivity contribution in [1.29, 1.82) is 0 Å². The zero-order valence-corrected chi connectivity index (χ0v) is 14.4. The number of alkyl halides is 3. The monoisotopic (exact) mass is 390 g/mol. The van der Waals surface area contributed by atoms with Gasteiger partial charge in [-0.3, -0.25) is 9.89 Å². The summed E-state index contributed by atoms with van der Waals surface area (Å²) in [5.41, 5.74) is -1.72. The van der Waals surface area contributed by atoms with E-state index in [1.165, 1.54) is 19.1 Å². The zero-order valence-electron chi connectivity index (χ0n) is 14.4. The van der Waals surface area contributed by atoms with Gasteiger partial charge in [-0.25, -0.2) is 9.97 Å². The van der Waals surface area contributed by atoms with Crippen molar-refractivity contribution in [2.45, 2.75) is 19.7 Å². The van der Waals surface area contributed by atoms with Crippen molar-refractivity contribution in [2.24, 2.45) is 0 Å². The molecule has 0 amide bonds. The third-order valence-corrected chi connectivity index (χ3v) is 4.23. The molecule has 0 aliphatic rings. The number of aliphatic hydroxyl groups is 1. The van der Waals surface area contributed by atoms with Crippen LogP contribution >= 0.6 is 0 Å². The molecule has 4 rings (SSSR count). The highest BCUT2D eigenvalue weighted by Crippen LogP contribution is 2.38. The van der Waals surface area contributed by atoms with Crippen molar-refractivity contribution in [3.05, 3.63) is 64.0 Å². The highest BCUT2D eigenvalue weighted by atomic mass is 19.4. The van der Waals surface area contributed by atoms with E-state index in [0.29, 0.717) is 0 Å². The molecule has 0 atom stereocenters. The summed E-state index contributed by atoms with van der Waals surface area (Å²) in [4.78, 5) is 21.1. The third kappa shape index (κ3) is 2.78. The van der Waals surface area contributed by atoms with Crippen molar-refractivity contribution in [1.82, 2.24) is 19.6 Å². The number of halogens is 3. The number of benzene rings is 1. The van der Waals surface area contributed by atoms with Crippen LogP contribution in [0.4, 0.5) is 13.2 Å². The Balaban J connectivity index is 2.07. The fourth-order valence-corrected chi connectivity index (χ4v) is 3.00. The number of rotatable bonds is 3. The first kappa shape index (κ1) is 18.0. The Hall–Kier alpha value is -3.40. The third-order valence-electron chi connectivity index (χ3n) is 4.23. The quantitative estimate of drug-likeness (QED) is 0.560. The van der Waals surface area contributed by atoms with Gasteiger partial charge < -0.3 is 9.52 Å². The Bertz CT molecular complexity index is 1220. The van der Waals surface area contributed by atoms with Crippen LogP contribution in [0, 0.1) is 6.92 Å². The minimum atomic E-state index is -4.73. The molecule has 0 aliphatic carbocycles. The van der Waals surface area contributed by atoms with Gasteiger partial charge in [-0.2, -0.15) is 17.7 Å². The number of nitrogens with one attached hydrogen (secondary N) is 1. The molecule has 0 fully saturated rings. The second kappa shape index (κ2) is 6.34. The normalized spacial score (nSPS) is 12.0. The van der Waals surface area contributed by atoms with Crippen LogP contribution < -0.4 is 5.56 Å². The van der Waals surface area contributed by atoms with Gasteiger partial charge in [0.25, 0.3) is 5.56 Å². The van der Waals surface area contributed by atoms with Crippen LogP contribution in [0.25, 0.3) is 28.2 Å². The van der Waals surface area contributed by atoms with Crippen molar-refractivity contribution in [2.75, 3.05) is 0 Å². The van der Waals surface area contributed by atoms with E-state index in [9.17, 15) is 18.0 Å². The lowest BCUT2D eigenvalue weighted by atomic mass is 10.1. The lowest BCUT2D eigenvalue weighted by Gasteiger charge is -2.07. The SMILES string of the molecule is Cc1nc2c(-c3ccccc3)c(C(F)(F)F)[nH]n2c(=O)c1-c1nc(CO)co1. The summed E-state index contributed by atoms with van der Waals surface area (Å²) in [6, 6.07) is 7.89. The number of oxazole rings is 1. The number of fused-ring (bicyclic) bond motifs is 1. The maximum atomic E-state index is 13.6. The average molecular weight is 390 g/mol.